The van der Waals surface area contributed by atoms with E-state index in [2.05, 4.69) is 30.9 Å². The Bertz CT molecular complexity index is 1890. The van der Waals surface area contributed by atoms with Crippen LogP contribution in [0.5, 0.6) is 11.8 Å². The fourth-order valence-electron chi connectivity index (χ4n) is 4.97. The molecular weight excluding hydrogens is 673 g/mol. The average Bonchev–Trinajstić information content (AvgIpc) is 3.86. The molecule has 3 aromatic carbocycles. The van der Waals surface area contributed by atoms with Crippen LogP contribution in [0.3, 0.4) is 0 Å². The first-order valence-corrected chi connectivity index (χ1v) is 15.4. The molecule has 258 valence electrons. The summed E-state index contributed by atoms with van der Waals surface area (Å²) in [7, 11) is 1.15. The summed E-state index contributed by atoms with van der Waals surface area (Å²) in [4.78, 5) is 61.5. The number of alkyl halides is 3. The number of methoxy groups -OCH3 is 1. The van der Waals surface area contributed by atoms with E-state index in [1.165, 1.54) is 24.3 Å². The largest absolute Gasteiger partial charge is 0.489 e. The van der Waals surface area contributed by atoms with Crippen molar-refractivity contribution in [2.75, 3.05) is 31.0 Å². The fraction of sp³-hybridized carbons (Fsp3) is 0.344. The molecule has 4 aromatic rings. The molecular formula is C32H30ClF3N6O7. The topological polar surface area (TPSA) is 171 Å². The van der Waals surface area contributed by atoms with Gasteiger partial charge in [-0.15, -0.1) is 0 Å². The Morgan fingerprint density at radius 3 is 2.24 bits per heavy atom. The van der Waals surface area contributed by atoms with Gasteiger partial charge in [0.1, 0.15) is 6.04 Å². The molecule has 1 amide bonds. The predicted octanol–water partition coefficient (Wildman–Crippen LogP) is 4.21. The summed E-state index contributed by atoms with van der Waals surface area (Å²) in [5, 5.41) is 9.17. The second-order valence-corrected chi connectivity index (χ2v) is 11.5. The SMILES string of the molecule is CCOc1c(CC[C@H](NC(=O)c2ccc(Nc3nc(NC4(c5ccc(Cl)cc5)CC4)nc(OCC(F)(F)F)n3)cc2)C(=O)OC)c(=O)c1=O. The monoisotopic (exact) mass is 702 g/mol. The third-order valence-electron chi connectivity index (χ3n) is 7.60. The lowest BCUT2D eigenvalue weighted by Gasteiger charge is -2.19. The Morgan fingerprint density at radius 1 is 0.959 bits per heavy atom. The molecule has 1 fully saturated rings. The molecule has 5 rings (SSSR count). The number of halogens is 4. The Hall–Kier alpha value is -5.25. The van der Waals surface area contributed by atoms with Crippen molar-refractivity contribution in [3.8, 4) is 11.8 Å². The van der Waals surface area contributed by atoms with E-state index >= 15 is 0 Å². The Morgan fingerprint density at radius 2 is 1.63 bits per heavy atom. The van der Waals surface area contributed by atoms with Gasteiger partial charge in [0.05, 0.1) is 24.8 Å². The zero-order chi connectivity index (χ0) is 35.3. The van der Waals surface area contributed by atoms with Crippen LogP contribution in [0.4, 0.5) is 30.8 Å². The van der Waals surface area contributed by atoms with E-state index < -0.39 is 53.1 Å². The molecule has 1 atom stereocenters. The fourth-order valence-corrected chi connectivity index (χ4v) is 5.10. The smallest absolute Gasteiger partial charge is 0.422 e. The van der Waals surface area contributed by atoms with E-state index in [0.717, 1.165) is 12.7 Å². The van der Waals surface area contributed by atoms with Crippen LogP contribution in [0, 0.1) is 0 Å². The molecule has 1 heterocycles. The molecule has 0 unspecified atom stereocenters. The van der Waals surface area contributed by atoms with Crippen molar-refractivity contribution >= 4 is 41.1 Å². The second kappa shape index (κ2) is 14.5. The molecule has 13 nitrogen and oxygen atoms in total. The van der Waals surface area contributed by atoms with E-state index in [0.29, 0.717) is 23.6 Å². The molecule has 49 heavy (non-hydrogen) atoms. The van der Waals surface area contributed by atoms with Crippen molar-refractivity contribution in [3.05, 3.63) is 90.7 Å². The van der Waals surface area contributed by atoms with E-state index in [9.17, 15) is 32.3 Å². The average molecular weight is 703 g/mol. The number of esters is 1. The number of nitrogens with one attached hydrogen (secondary N) is 3. The van der Waals surface area contributed by atoms with Crippen molar-refractivity contribution in [1.29, 1.82) is 0 Å². The Kier molecular flexibility index (Phi) is 10.4. The van der Waals surface area contributed by atoms with E-state index in [-0.39, 0.29) is 48.2 Å². The van der Waals surface area contributed by atoms with Crippen molar-refractivity contribution in [1.82, 2.24) is 20.3 Å². The van der Waals surface area contributed by atoms with Crippen molar-refractivity contribution in [2.24, 2.45) is 0 Å². The van der Waals surface area contributed by atoms with Gasteiger partial charge in [0, 0.05) is 16.3 Å². The van der Waals surface area contributed by atoms with Crippen LogP contribution in [0.2, 0.25) is 5.02 Å². The number of hydrogen-bond acceptors (Lipinski definition) is 12. The van der Waals surface area contributed by atoms with Gasteiger partial charge in [-0.25, -0.2) is 4.79 Å². The predicted molar refractivity (Wildman–Crippen MR) is 171 cm³/mol. The minimum atomic E-state index is -4.63. The maximum Gasteiger partial charge on any atom is 0.422 e. The van der Waals surface area contributed by atoms with Gasteiger partial charge in [0.15, 0.2) is 12.4 Å². The number of carbonyl (C=O) groups is 2. The molecule has 0 spiro atoms. The highest BCUT2D eigenvalue weighted by atomic mass is 35.5. The number of amides is 1. The first-order valence-electron chi connectivity index (χ1n) is 15.0. The van der Waals surface area contributed by atoms with Crippen LogP contribution in [-0.2, 0) is 21.5 Å². The zero-order valence-corrected chi connectivity index (χ0v) is 26.9. The van der Waals surface area contributed by atoms with Crippen LogP contribution >= 0.6 is 11.6 Å². The van der Waals surface area contributed by atoms with Crippen LogP contribution in [0.25, 0.3) is 0 Å². The van der Waals surface area contributed by atoms with Crippen molar-refractivity contribution < 1.29 is 37.0 Å². The first kappa shape index (κ1) is 35.1. The van der Waals surface area contributed by atoms with Crippen LogP contribution in [-0.4, -0.2) is 59.4 Å². The zero-order valence-electron chi connectivity index (χ0n) is 26.2. The number of rotatable bonds is 15. The molecule has 1 aliphatic rings. The number of aromatic nitrogens is 3. The minimum absolute atomic E-state index is 0.00107. The molecule has 1 aromatic heterocycles. The van der Waals surface area contributed by atoms with E-state index in [1.54, 1.807) is 19.1 Å². The van der Waals surface area contributed by atoms with Gasteiger partial charge in [0.25, 0.3) is 11.3 Å². The molecule has 0 bridgehead atoms. The lowest BCUT2D eigenvalue weighted by molar-refractivity contribution is -0.154. The molecule has 0 saturated heterocycles. The third-order valence-corrected chi connectivity index (χ3v) is 7.86. The van der Waals surface area contributed by atoms with Crippen LogP contribution in [0.15, 0.2) is 58.1 Å². The molecule has 17 heteroatoms. The summed E-state index contributed by atoms with van der Waals surface area (Å²) in [6, 6.07) is 11.3. The number of hydrogen-bond donors (Lipinski definition) is 3. The van der Waals surface area contributed by atoms with Gasteiger partial charge in [-0.1, -0.05) is 23.7 Å². The number of nitrogens with zero attached hydrogens (tertiary/aromatic N) is 3. The second-order valence-electron chi connectivity index (χ2n) is 11.1. The normalized spacial score (nSPS) is 14.1. The summed E-state index contributed by atoms with van der Waals surface area (Å²) in [6.45, 7) is 0.229. The molecule has 1 aliphatic carbocycles. The Labute approximate surface area is 281 Å². The highest BCUT2D eigenvalue weighted by Gasteiger charge is 2.45. The number of benzene rings is 2. The minimum Gasteiger partial charge on any atom is -0.489 e. The van der Waals surface area contributed by atoms with Gasteiger partial charge in [-0.2, -0.15) is 28.1 Å². The highest BCUT2D eigenvalue weighted by Crippen LogP contribution is 2.48. The standard InChI is InChI=1S/C32H30ClF3N6O7/c1-3-48-25-21(23(43)24(25)44)12-13-22(27(46)47-2)38-26(45)17-4-10-20(11-5-17)37-28-39-29(41-30(40-28)49-16-32(34,35)36)42-31(14-15-31)18-6-8-19(33)9-7-18/h4-11,22H,3,12-16H2,1-2H3,(H,38,45)(H2,37,39,40,41,42)/t22-/m0/s1. The summed E-state index contributed by atoms with van der Waals surface area (Å²) in [6.07, 6.45) is -3.23. The summed E-state index contributed by atoms with van der Waals surface area (Å²) >= 11 is 6.02. The highest BCUT2D eigenvalue weighted by molar-refractivity contribution is 6.30. The maximum absolute atomic E-state index is 13.0. The van der Waals surface area contributed by atoms with Crippen LogP contribution in [0.1, 0.15) is 47.7 Å². The number of anilines is 3. The Balaban J connectivity index is 1.28. The lowest BCUT2D eigenvalue weighted by atomic mass is 10.00. The van der Waals surface area contributed by atoms with Gasteiger partial charge < -0.3 is 30.2 Å². The number of carbonyl (C=O) groups excluding carboxylic acids is 2. The van der Waals surface area contributed by atoms with E-state index in [1.807, 2.05) is 12.1 Å². The summed E-state index contributed by atoms with van der Waals surface area (Å²) in [5.74, 6) is -1.59. The quantitative estimate of drug-likeness (QED) is 0.119. The molecule has 0 radical (unpaired) electrons. The van der Waals surface area contributed by atoms with Crippen molar-refractivity contribution in [3.63, 3.8) is 0 Å². The molecule has 1 saturated carbocycles. The number of ether oxygens (including phenoxy) is 3. The molecule has 0 aliphatic heterocycles. The molecule has 3 N–H and O–H groups in total. The van der Waals surface area contributed by atoms with Gasteiger partial charge >= 0.3 is 18.2 Å². The third kappa shape index (κ3) is 8.62. The van der Waals surface area contributed by atoms with E-state index in [4.69, 9.17) is 25.8 Å². The summed E-state index contributed by atoms with van der Waals surface area (Å²) < 4.78 is 53.6. The van der Waals surface area contributed by atoms with Crippen molar-refractivity contribution in [2.45, 2.75) is 50.4 Å². The van der Waals surface area contributed by atoms with Gasteiger partial charge in [0.2, 0.25) is 17.3 Å². The lowest BCUT2D eigenvalue weighted by Crippen LogP contribution is -2.43. The van der Waals surface area contributed by atoms with Gasteiger partial charge in [-0.3, -0.25) is 14.4 Å². The van der Waals surface area contributed by atoms with Crippen LogP contribution < -0.4 is 36.3 Å². The van der Waals surface area contributed by atoms with Gasteiger partial charge in [-0.05, 0) is 74.6 Å². The first-order chi connectivity index (χ1) is 23.3. The summed E-state index contributed by atoms with van der Waals surface area (Å²) in [5.41, 5.74) is -0.427. The maximum atomic E-state index is 13.0.